The van der Waals surface area contributed by atoms with Crippen molar-refractivity contribution in [1.29, 1.82) is 0 Å². The lowest BCUT2D eigenvalue weighted by atomic mass is 9.84. The Hall–Kier alpha value is -2.70. The van der Waals surface area contributed by atoms with Crippen molar-refractivity contribution in [3.8, 4) is 0 Å². The van der Waals surface area contributed by atoms with E-state index in [9.17, 15) is 19.1 Å². The van der Waals surface area contributed by atoms with Crippen molar-refractivity contribution in [2.24, 2.45) is 5.92 Å². The quantitative estimate of drug-likeness (QED) is 0.873. The van der Waals surface area contributed by atoms with Gasteiger partial charge in [-0.2, -0.15) is 5.10 Å². The fourth-order valence-electron chi connectivity index (χ4n) is 3.41. The van der Waals surface area contributed by atoms with E-state index in [0.717, 1.165) is 0 Å². The molecule has 1 aliphatic rings. The minimum atomic E-state index is -0.959. The minimum absolute atomic E-state index is 0.0905. The average Bonchev–Trinajstić information content (AvgIpc) is 3.09. The van der Waals surface area contributed by atoms with Crippen molar-refractivity contribution in [3.05, 3.63) is 54.1 Å². The van der Waals surface area contributed by atoms with Gasteiger partial charge in [0.2, 0.25) is 5.91 Å². The summed E-state index contributed by atoms with van der Waals surface area (Å²) in [6, 6.07) is 7.04. The molecule has 3 rings (SSSR count). The number of piperidine rings is 1. The molecule has 6 nitrogen and oxygen atoms in total. The molecule has 132 valence electrons. The number of hydrogen-bond acceptors (Lipinski definition) is 3. The Morgan fingerprint density at radius 1 is 1.32 bits per heavy atom. The topological polar surface area (TPSA) is 75.4 Å². The summed E-state index contributed by atoms with van der Waals surface area (Å²) in [5.74, 6) is -2.22. The minimum Gasteiger partial charge on any atom is -0.481 e. The zero-order valence-electron chi connectivity index (χ0n) is 13.7. The standard InChI is InChI=1S/C18H20FN3O3/c19-14-5-1-4-13(12-14)17-15(18(24)25)6-7-16(23)22(17)11-3-10-21-9-2-8-20-21/h1-2,4-5,8-9,12,15,17H,3,6-7,10-11H2,(H,24,25)/t15-,17-/m0/s1. The summed E-state index contributed by atoms with van der Waals surface area (Å²) in [4.78, 5) is 25.7. The molecule has 0 bridgehead atoms. The van der Waals surface area contributed by atoms with E-state index in [0.29, 0.717) is 25.1 Å². The van der Waals surface area contributed by atoms with Crippen LogP contribution in [0.3, 0.4) is 0 Å². The Bertz CT molecular complexity index is 748. The molecule has 2 heterocycles. The molecule has 1 saturated heterocycles. The first-order valence-electron chi connectivity index (χ1n) is 8.31. The summed E-state index contributed by atoms with van der Waals surface area (Å²) in [6.45, 7) is 1.04. The van der Waals surface area contributed by atoms with Gasteiger partial charge < -0.3 is 10.0 Å². The third-order valence-electron chi connectivity index (χ3n) is 4.56. The van der Waals surface area contributed by atoms with Crippen LogP contribution in [0.1, 0.15) is 30.9 Å². The third-order valence-corrected chi connectivity index (χ3v) is 4.56. The van der Waals surface area contributed by atoms with Gasteiger partial charge in [-0.15, -0.1) is 0 Å². The van der Waals surface area contributed by atoms with Gasteiger partial charge in [-0.3, -0.25) is 14.3 Å². The largest absolute Gasteiger partial charge is 0.481 e. The number of rotatable bonds is 6. The fourth-order valence-corrected chi connectivity index (χ4v) is 3.41. The Balaban J connectivity index is 1.82. The van der Waals surface area contributed by atoms with Crippen LogP contribution in [-0.2, 0) is 16.1 Å². The number of benzene rings is 1. The molecule has 1 amide bonds. The third kappa shape index (κ3) is 3.87. The molecule has 1 N–H and O–H groups in total. The number of aryl methyl sites for hydroxylation is 1. The number of amides is 1. The molecule has 0 aliphatic carbocycles. The molecule has 1 aromatic carbocycles. The smallest absolute Gasteiger partial charge is 0.308 e. The highest BCUT2D eigenvalue weighted by atomic mass is 19.1. The van der Waals surface area contributed by atoms with Gasteiger partial charge in [0.15, 0.2) is 0 Å². The first kappa shape index (κ1) is 17.1. The lowest BCUT2D eigenvalue weighted by molar-refractivity contribution is -0.152. The van der Waals surface area contributed by atoms with E-state index < -0.39 is 23.7 Å². The number of carbonyl (C=O) groups is 2. The van der Waals surface area contributed by atoms with Crippen LogP contribution in [0.15, 0.2) is 42.7 Å². The second kappa shape index (κ2) is 7.46. The summed E-state index contributed by atoms with van der Waals surface area (Å²) in [5.41, 5.74) is 0.527. The zero-order chi connectivity index (χ0) is 17.8. The maximum absolute atomic E-state index is 13.6. The Morgan fingerprint density at radius 2 is 2.16 bits per heavy atom. The van der Waals surface area contributed by atoms with Crippen molar-refractivity contribution >= 4 is 11.9 Å². The van der Waals surface area contributed by atoms with Crippen LogP contribution in [0, 0.1) is 11.7 Å². The van der Waals surface area contributed by atoms with Gasteiger partial charge in [-0.1, -0.05) is 12.1 Å². The van der Waals surface area contributed by atoms with Crippen molar-refractivity contribution in [2.75, 3.05) is 6.54 Å². The van der Waals surface area contributed by atoms with Gasteiger partial charge in [0.1, 0.15) is 5.82 Å². The van der Waals surface area contributed by atoms with Gasteiger partial charge >= 0.3 is 5.97 Å². The van der Waals surface area contributed by atoms with E-state index in [2.05, 4.69) is 5.10 Å². The molecule has 0 saturated carbocycles. The van der Waals surface area contributed by atoms with E-state index >= 15 is 0 Å². The Morgan fingerprint density at radius 3 is 2.84 bits per heavy atom. The fraction of sp³-hybridized carbons (Fsp3) is 0.389. The van der Waals surface area contributed by atoms with Gasteiger partial charge in [-0.05, 0) is 36.6 Å². The number of likely N-dealkylation sites (tertiary alicyclic amines) is 1. The number of aromatic nitrogens is 2. The summed E-state index contributed by atoms with van der Waals surface area (Å²) >= 11 is 0. The molecule has 1 fully saturated rings. The lowest BCUT2D eigenvalue weighted by Crippen LogP contribution is -2.46. The number of halogens is 1. The molecule has 0 radical (unpaired) electrons. The van der Waals surface area contributed by atoms with Crippen LogP contribution in [0.2, 0.25) is 0 Å². The van der Waals surface area contributed by atoms with Crippen LogP contribution < -0.4 is 0 Å². The van der Waals surface area contributed by atoms with Gasteiger partial charge in [0, 0.05) is 31.9 Å². The summed E-state index contributed by atoms with van der Waals surface area (Å²) in [7, 11) is 0. The Kier molecular flexibility index (Phi) is 5.11. The first-order chi connectivity index (χ1) is 12.1. The number of carboxylic acid groups (broad SMARTS) is 1. The normalized spacial score (nSPS) is 20.7. The molecule has 0 unspecified atom stereocenters. The van der Waals surface area contributed by atoms with Crippen LogP contribution in [0.25, 0.3) is 0 Å². The molecular formula is C18H20FN3O3. The number of carbonyl (C=O) groups excluding carboxylic acids is 1. The van der Waals surface area contributed by atoms with Gasteiger partial charge in [0.05, 0.1) is 12.0 Å². The molecule has 2 atom stereocenters. The Labute approximate surface area is 144 Å². The predicted octanol–water partition coefficient (Wildman–Crippen LogP) is 2.48. The van der Waals surface area contributed by atoms with E-state index in [4.69, 9.17) is 0 Å². The van der Waals surface area contributed by atoms with E-state index in [1.54, 1.807) is 27.9 Å². The molecular weight excluding hydrogens is 325 g/mol. The van der Waals surface area contributed by atoms with Crippen LogP contribution in [-0.4, -0.2) is 38.2 Å². The summed E-state index contributed by atoms with van der Waals surface area (Å²) < 4.78 is 15.4. The van der Waals surface area contributed by atoms with E-state index in [1.807, 2.05) is 12.3 Å². The number of nitrogens with zero attached hydrogens (tertiary/aromatic N) is 3. The van der Waals surface area contributed by atoms with E-state index in [1.165, 1.54) is 12.1 Å². The van der Waals surface area contributed by atoms with Gasteiger partial charge in [0.25, 0.3) is 0 Å². The number of carboxylic acids is 1. The monoisotopic (exact) mass is 345 g/mol. The van der Waals surface area contributed by atoms with Gasteiger partial charge in [-0.25, -0.2) is 4.39 Å². The lowest BCUT2D eigenvalue weighted by Gasteiger charge is -2.40. The second-order valence-electron chi connectivity index (χ2n) is 6.19. The van der Waals surface area contributed by atoms with Crippen LogP contribution in [0.4, 0.5) is 4.39 Å². The SMILES string of the molecule is O=C(O)[C@H]1CCC(=O)N(CCCn2cccn2)[C@H]1c1cccc(F)c1. The first-order valence-corrected chi connectivity index (χ1v) is 8.31. The highest BCUT2D eigenvalue weighted by Crippen LogP contribution is 2.37. The highest BCUT2D eigenvalue weighted by molar-refractivity contribution is 5.81. The van der Waals surface area contributed by atoms with Crippen molar-refractivity contribution in [2.45, 2.75) is 31.8 Å². The number of hydrogen-bond donors (Lipinski definition) is 1. The summed E-state index contributed by atoms with van der Waals surface area (Å²) in [5, 5.41) is 13.7. The molecule has 1 aromatic heterocycles. The molecule has 0 spiro atoms. The molecule has 25 heavy (non-hydrogen) atoms. The molecule has 7 heteroatoms. The molecule has 2 aromatic rings. The van der Waals surface area contributed by atoms with Crippen molar-refractivity contribution in [3.63, 3.8) is 0 Å². The molecule has 1 aliphatic heterocycles. The maximum atomic E-state index is 13.6. The summed E-state index contributed by atoms with van der Waals surface area (Å²) in [6.07, 6.45) is 4.63. The van der Waals surface area contributed by atoms with E-state index in [-0.39, 0.29) is 18.7 Å². The maximum Gasteiger partial charge on any atom is 0.308 e. The zero-order valence-corrected chi connectivity index (χ0v) is 13.7. The predicted molar refractivity (Wildman–Crippen MR) is 88.1 cm³/mol. The van der Waals surface area contributed by atoms with Crippen molar-refractivity contribution < 1.29 is 19.1 Å². The highest BCUT2D eigenvalue weighted by Gasteiger charge is 2.40. The van der Waals surface area contributed by atoms with Crippen LogP contribution in [0.5, 0.6) is 0 Å². The second-order valence-corrected chi connectivity index (χ2v) is 6.19. The van der Waals surface area contributed by atoms with Crippen molar-refractivity contribution in [1.82, 2.24) is 14.7 Å². The number of aliphatic carboxylic acids is 1. The van der Waals surface area contributed by atoms with Crippen LogP contribution >= 0.6 is 0 Å². The average molecular weight is 345 g/mol.